The second-order valence-corrected chi connectivity index (χ2v) is 4.86. The van der Waals surface area contributed by atoms with E-state index in [1.807, 2.05) is 18.7 Å². The van der Waals surface area contributed by atoms with Gasteiger partial charge in [0, 0.05) is 19.1 Å². The highest BCUT2D eigenvalue weighted by atomic mass is 35.5. The molecule has 18 heavy (non-hydrogen) atoms. The summed E-state index contributed by atoms with van der Waals surface area (Å²) in [6.45, 7) is 4.92. The fraction of sp³-hybridized carbons (Fsp3) is 0.462. The minimum absolute atomic E-state index is 0.0776. The molecule has 0 spiro atoms. The molecule has 0 aliphatic rings. The smallest absolute Gasteiger partial charge is 0.304 e. The van der Waals surface area contributed by atoms with E-state index in [4.69, 9.17) is 16.7 Å². The molecule has 0 unspecified atom stereocenters. The third-order valence-electron chi connectivity index (χ3n) is 2.71. The number of halogens is 2. The van der Waals surface area contributed by atoms with Crippen LogP contribution in [0.15, 0.2) is 18.2 Å². The predicted octanol–water partition coefficient (Wildman–Crippen LogP) is 3.16. The summed E-state index contributed by atoms with van der Waals surface area (Å²) in [6.07, 6.45) is 0.0776. The van der Waals surface area contributed by atoms with E-state index in [2.05, 4.69) is 0 Å². The monoisotopic (exact) mass is 273 g/mol. The zero-order valence-corrected chi connectivity index (χ0v) is 11.2. The number of benzene rings is 1. The van der Waals surface area contributed by atoms with Gasteiger partial charge in [0.05, 0.1) is 11.4 Å². The topological polar surface area (TPSA) is 40.5 Å². The molecule has 1 aromatic carbocycles. The first-order valence-electron chi connectivity index (χ1n) is 5.80. The number of aliphatic carboxylic acids is 1. The van der Waals surface area contributed by atoms with Crippen LogP contribution in [0, 0.1) is 5.82 Å². The molecule has 0 atom stereocenters. The summed E-state index contributed by atoms with van der Waals surface area (Å²) < 4.78 is 13.3. The Balaban J connectivity index is 2.70. The van der Waals surface area contributed by atoms with Crippen LogP contribution in [-0.2, 0) is 11.3 Å². The second kappa shape index (κ2) is 6.71. The lowest BCUT2D eigenvalue weighted by Gasteiger charge is -2.25. The van der Waals surface area contributed by atoms with Crippen LogP contribution in [-0.4, -0.2) is 28.6 Å². The third kappa shape index (κ3) is 4.63. The molecule has 0 fully saturated rings. The predicted molar refractivity (Wildman–Crippen MR) is 69.2 cm³/mol. The van der Waals surface area contributed by atoms with Gasteiger partial charge in [0.2, 0.25) is 0 Å². The molecule has 0 aliphatic heterocycles. The highest BCUT2D eigenvalue weighted by Gasteiger charge is 2.12. The molecular formula is C13H17ClFNO2. The van der Waals surface area contributed by atoms with E-state index in [0.717, 1.165) is 5.56 Å². The third-order valence-corrected chi connectivity index (χ3v) is 3.02. The van der Waals surface area contributed by atoms with E-state index in [1.54, 1.807) is 6.07 Å². The van der Waals surface area contributed by atoms with Crippen molar-refractivity contribution >= 4 is 17.6 Å². The van der Waals surface area contributed by atoms with Crippen LogP contribution < -0.4 is 0 Å². The maximum atomic E-state index is 13.3. The molecule has 0 amide bonds. The van der Waals surface area contributed by atoms with Crippen LogP contribution in [0.1, 0.15) is 25.8 Å². The minimum Gasteiger partial charge on any atom is -0.481 e. The first-order valence-corrected chi connectivity index (χ1v) is 6.17. The van der Waals surface area contributed by atoms with E-state index in [1.165, 1.54) is 12.1 Å². The standard InChI is InChI=1S/C13H17ClFNO2/c1-9(2)16(6-5-13(17)18)8-10-3-4-11(14)12(15)7-10/h3-4,7,9H,5-6,8H2,1-2H3,(H,17,18). The van der Waals surface area contributed by atoms with Crippen molar-refractivity contribution in [2.24, 2.45) is 0 Å². The van der Waals surface area contributed by atoms with Gasteiger partial charge in [-0.3, -0.25) is 9.69 Å². The van der Waals surface area contributed by atoms with E-state index >= 15 is 0 Å². The van der Waals surface area contributed by atoms with Gasteiger partial charge in [0.1, 0.15) is 5.82 Å². The number of hydrogen-bond donors (Lipinski definition) is 1. The lowest BCUT2D eigenvalue weighted by Crippen LogP contribution is -2.32. The SMILES string of the molecule is CC(C)N(CCC(=O)O)Cc1ccc(Cl)c(F)c1. The van der Waals surface area contributed by atoms with Gasteiger partial charge in [-0.1, -0.05) is 17.7 Å². The Bertz CT molecular complexity index is 423. The normalized spacial score (nSPS) is 11.2. The van der Waals surface area contributed by atoms with Crippen LogP contribution in [0.4, 0.5) is 4.39 Å². The van der Waals surface area contributed by atoms with Crippen molar-refractivity contribution in [2.45, 2.75) is 32.9 Å². The van der Waals surface area contributed by atoms with Gasteiger partial charge in [-0.2, -0.15) is 0 Å². The lowest BCUT2D eigenvalue weighted by molar-refractivity contribution is -0.137. The van der Waals surface area contributed by atoms with Crippen molar-refractivity contribution in [3.8, 4) is 0 Å². The Hall–Kier alpha value is -1.13. The molecular weight excluding hydrogens is 257 g/mol. The highest BCUT2D eigenvalue weighted by molar-refractivity contribution is 6.30. The van der Waals surface area contributed by atoms with Crippen molar-refractivity contribution in [3.05, 3.63) is 34.6 Å². The summed E-state index contributed by atoms with van der Waals surface area (Å²) in [6, 6.07) is 4.85. The molecule has 1 rings (SSSR count). The Labute approximate surface area is 111 Å². The van der Waals surface area contributed by atoms with Crippen LogP contribution >= 0.6 is 11.6 Å². The van der Waals surface area contributed by atoms with Gasteiger partial charge in [-0.25, -0.2) is 4.39 Å². The Morgan fingerprint density at radius 1 is 1.50 bits per heavy atom. The molecule has 1 N–H and O–H groups in total. The first kappa shape index (κ1) is 14.9. The summed E-state index contributed by atoms with van der Waals surface area (Å²) >= 11 is 5.62. The van der Waals surface area contributed by atoms with Crippen molar-refractivity contribution in [2.75, 3.05) is 6.54 Å². The maximum absolute atomic E-state index is 13.3. The number of nitrogens with zero attached hydrogens (tertiary/aromatic N) is 1. The molecule has 0 radical (unpaired) electrons. The van der Waals surface area contributed by atoms with Crippen LogP contribution in [0.2, 0.25) is 5.02 Å². The van der Waals surface area contributed by atoms with Crippen molar-refractivity contribution in [1.82, 2.24) is 4.90 Å². The van der Waals surface area contributed by atoms with Crippen molar-refractivity contribution in [3.63, 3.8) is 0 Å². The molecule has 0 bridgehead atoms. The first-order chi connectivity index (χ1) is 8.40. The summed E-state index contributed by atoms with van der Waals surface area (Å²) in [7, 11) is 0. The molecule has 0 heterocycles. The number of carboxylic acids is 1. The average molecular weight is 274 g/mol. The molecule has 0 aliphatic carbocycles. The van der Waals surface area contributed by atoms with Gasteiger partial charge >= 0.3 is 5.97 Å². The lowest BCUT2D eigenvalue weighted by atomic mass is 10.1. The van der Waals surface area contributed by atoms with Gasteiger partial charge in [0.25, 0.3) is 0 Å². The van der Waals surface area contributed by atoms with Crippen LogP contribution in [0.5, 0.6) is 0 Å². The molecule has 3 nitrogen and oxygen atoms in total. The fourth-order valence-electron chi connectivity index (χ4n) is 1.63. The second-order valence-electron chi connectivity index (χ2n) is 4.46. The van der Waals surface area contributed by atoms with E-state index in [0.29, 0.717) is 13.1 Å². The molecule has 100 valence electrons. The quantitative estimate of drug-likeness (QED) is 0.865. The van der Waals surface area contributed by atoms with Crippen LogP contribution in [0.25, 0.3) is 0 Å². The Kier molecular flexibility index (Phi) is 5.56. The van der Waals surface area contributed by atoms with Gasteiger partial charge in [-0.05, 0) is 31.5 Å². The molecule has 0 saturated heterocycles. The molecule has 0 saturated carbocycles. The van der Waals surface area contributed by atoms with E-state index in [9.17, 15) is 9.18 Å². The van der Waals surface area contributed by atoms with Gasteiger partial charge < -0.3 is 5.11 Å². The highest BCUT2D eigenvalue weighted by Crippen LogP contribution is 2.17. The zero-order chi connectivity index (χ0) is 13.7. The average Bonchev–Trinajstić information content (AvgIpc) is 2.28. The largest absolute Gasteiger partial charge is 0.481 e. The number of rotatable bonds is 6. The number of hydrogen-bond acceptors (Lipinski definition) is 2. The van der Waals surface area contributed by atoms with Crippen LogP contribution in [0.3, 0.4) is 0 Å². The summed E-state index contributed by atoms with van der Waals surface area (Å²) in [5, 5.41) is 8.78. The van der Waals surface area contributed by atoms with Crippen molar-refractivity contribution < 1.29 is 14.3 Å². The summed E-state index contributed by atoms with van der Waals surface area (Å²) in [5.74, 6) is -1.28. The molecule has 0 aromatic heterocycles. The minimum atomic E-state index is -0.831. The van der Waals surface area contributed by atoms with Gasteiger partial charge in [0.15, 0.2) is 0 Å². The molecule has 1 aromatic rings. The van der Waals surface area contributed by atoms with E-state index in [-0.39, 0.29) is 17.5 Å². The summed E-state index contributed by atoms with van der Waals surface area (Å²) in [5.41, 5.74) is 0.788. The number of carbonyl (C=O) groups is 1. The maximum Gasteiger partial charge on any atom is 0.304 e. The Morgan fingerprint density at radius 3 is 2.67 bits per heavy atom. The zero-order valence-electron chi connectivity index (χ0n) is 10.5. The van der Waals surface area contributed by atoms with E-state index < -0.39 is 11.8 Å². The Morgan fingerprint density at radius 2 is 2.17 bits per heavy atom. The van der Waals surface area contributed by atoms with Crippen molar-refractivity contribution in [1.29, 1.82) is 0 Å². The fourth-order valence-corrected chi connectivity index (χ4v) is 1.75. The summed E-state index contributed by atoms with van der Waals surface area (Å²) in [4.78, 5) is 12.6. The molecule has 5 heteroatoms. The van der Waals surface area contributed by atoms with Gasteiger partial charge in [-0.15, -0.1) is 0 Å². The number of carboxylic acid groups (broad SMARTS) is 1.